The Morgan fingerprint density at radius 3 is 2.43 bits per heavy atom. The fourth-order valence-corrected chi connectivity index (χ4v) is 4.27. The van der Waals surface area contributed by atoms with Crippen LogP contribution in [0.1, 0.15) is 41.6 Å². The SMILES string of the molecule is O=C(O)C1CC1c1ccc(OC2CCc3c(Oc4ccccc4)ccc(F)c32)cc1. The van der Waals surface area contributed by atoms with Crippen molar-refractivity contribution in [3.8, 4) is 17.2 Å². The number of hydrogen-bond acceptors (Lipinski definition) is 3. The topological polar surface area (TPSA) is 55.8 Å². The van der Waals surface area contributed by atoms with E-state index < -0.39 is 5.97 Å². The molecule has 0 spiro atoms. The van der Waals surface area contributed by atoms with Crippen LogP contribution in [0.15, 0.2) is 66.7 Å². The lowest BCUT2D eigenvalue weighted by Gasteiger charge is -2.17. The summed E-state index contributed by atoms with van der Waals surface area (Å²) < 4.78 is 26.8. The van der Waals surface area contributed by atoms with E-state index in [1.165, 1.54) is 6.07 Å². The van der Waals surface area contributed by atoms with Gasteiger partial charge in [-0.25, -0.2) is 4.39 Å². The number of benzene rings is 3. The lowest BCUT2D eigenvalue weighted by Crippen LogP contribution is -2.06. The molecule has 30 heavy (non-hydrogen) atoms. The number of halogens is 1. The molecule has 0 aromatic heterocycles. The van der Waals surface area contributed by atoms with Crippen molar-refractivity contribution in [3.05, 3.63) is 89.2 Å². The number of rotatable bonds is 6. The summed E-state index contributed by atoms with van der Waals surface area (Å²) in [5, 5.41) is 9.09. The van der Waals surface area contributed by atoms with Crippen molar-refractivity contribution in [2.24, 2.45) is 5.92 Å². The zero-order valence-electron chi connectivity index (χ0n) is 16.3. The molecule has 3 atom stereocenters. The van der Waals surface area contributed by atoms with Crippen LogP contribution in [-0.4, -0.2) is 11.1 Å². The van der Waals surface area contributed by atoms with Crippen LogP contribution < -0.4 is 9.47 Å². The van der Waals surface area contributed by atoms with E-state index in [4.69, 9.17) is 14.6 Å². The summed E-state index contributed by atoms with van der Waals surface area (Å²) in [5.41, 5.74) is 2.41. The number of carboxylic acid groups (broad SMARTS) is 1. The van der Waals surface area contributed by atoms with Gasteiger partial charge in [0.25, 0.3) is 0 Å². The van der Waals surface area contributed by atoms with Gasteiger partial charge in [0, 0.05) is 11.1 Å². The lowest BCUT2D eigenvalue weighted by atomic mass is 10.1. The third-order valence-corrected chi connectivity index (χ3v) is 5.90. The van der Waals surface area contributed by atoms with Gasteiger partial charge in [-0.05, 0) is 67.1 Å². The van der Waals surface area contributed by atoms with Gasteiger partial charge in [-0.15, -0.1) is 0 Å². The summed E-state index contributed by atoms with van der Waals surface area (Å²) >= 11 is 0. The average Bonchev–Trinajstić information content (AvgIpc) is 3.46. The molecular weight excluding hydrogens is 383 g/mol. The van der Waals surface area contributed by atoms with Crippen LogP contribution in [-0.2, 0) is 11.2 Å². The number of ether oxygens (including phenoxy) is 2. The van der Waals surface area contributed by atoms with Crippen LogP contribution in [0.3, 0.4) is 0 Å². The third-order valence-electron chi connectivity index (χ3n) is 5.90. The molecule has 3 aromatic rings. The minimum Gasteiger partial charge on any atom is -0.486 e. The minimum atomic E-state index is -0.744. The first-order valence-corrected chi connectivity index (χ1v) is 10.1. The van der Waals surface area contributed by atoms with E-state index in [0.29, 0.717) is 42.1 Å². The molecule has 0 bridgehead atoms. The quantitative estimate of drug-likeness (QED) is 0.558. The number of carboxylic acids is 1. The van der Waals surface area contributed by atoms with Crippen LogP contribution in [0.2, 0.25) is 0 Å². The Hall–Kier alpha value is -3.34. The van der Waals surface area contributed by atoms with Crippen molar-refractivity contribution >= 4 is 5.97 Å². The van der Waals surface area contributed by atoms with Gasteiger partial charge in [0.1, 0.15) is 29.2 Å². The summed E-state index contributed by atoms with van der Waals surface area (Å²) in [5.74, 6) is 0.796. The maximum absolute atomic E-state index is 14.7. The molecule has 0 radical (unpaired) electrons. The molecule has 1 N–H and O–H groups in total. The van der Waals surface area contributed by atoms with Crippen molar-refractivity contribution in [1.29, 1.82) is 0 Å². The van der Waals surface area contributed by atoms with E-state index >= 15 is 0 Å². The molecule has 1 saturated carbocycles. The van der Waals surface area contributed by atoms with E-state index in [1.807, 2.05) is 54.6 Å². The smallest absolute Gasteiger partial charge is 0.307 e. The Morgan fingerprint density at radius 1 is 0.967 bits per heavy atom. The number of aliphatic carboxylic acids is 1. The van der Waals surface area contributed by atoms with Crippen LogP contribution in [0.5, 0.6) is 17.2 Å². The summed E-state index contributed by atoms with van der Waals surface area (Å²) in [4.78, 5) is 11.1. The summed E-state index contributed by atoms with van der Waals surface area (Å²) in [6, 6.07) is 20.1. The number of hydrogen-bond donors (Lipinski definition) is 1. The van der Waals surface area contributed by atoms with Crippen LogP contribution >= 0.6 is 0 Å². The van der Waals surface area contributed by atoms with Gasteiger partial charge in [-0.2, -0.15) is 0 Å². The van der Waals surface area contributed by atoms with E-state index in [0.717, 1.165) is 11.1 Å². The van der Waals surface area contributed by atoms with Gasteiger partial charge in [0.15, 0.2) is 0 Å². The van der Waals surface area contributed by atoms with Gasteiger partial charge in [0.05, 0.1) is 5.92 Å². The summed E-state index contributed by atoms with van der Waals surface area (Å²) in [6.07, 6.45) is 1.66. The number of fused-ring (bicyclic) bond motifs is 1. The van der Waals surface area contributed by atoms with Crippen molar-refractivity contribution in [2.75, 3.05) is 0 Å². The molecule has 0 aliphatic heterocycles. The van der Waals surface area contributed by atoms with Crippen LogP contribution in [0.4, 0.5) is 4.39 Å². The maximum atomic E-state index is 14.7. The molecule has 0 amide bonds. The molecule has 2 aliphatic rings. The largest absolute Gasteiger partial charge is 0.486 e. The second-order valence-electron chi connectivity index (χ2n) is 7.85. The normalized spacial score (nSPS) is 21.7. The molecule has 4 nitrogen and oxygen atoms in total. The zero-order valence-corrected chi connectivity index (χ0v) is 16.3. The van der Waals surface area contributed by atoms with Crippen LogP contribution in [0.25, 0.3) is 0 Å². The Morgan fingerprint density at radius 2 is 1.73 bits per heavy atom. The first-order chi connectivity index (χ1) is 14.6. The minimum absolute atomic E-state index is 0.0823. The molecule has 1 fully saturated rings. The van der Waals surface area contributed by atoms with Crippen molar-refractivity contribution in [3.63, 3.8) is 0 Å². The molecular formula is C25H21FO4. The average molecular weight is 404 g/mol. The molecule has 5 heteroatoms. The zero-order chi connectivity index (χ0) is 20.7. The first kappa shape index (κ1) is 18.7. The van der Waals surface area contributed by atoms with Gasteiger partial charge >= 0.3 is 5.97 Å². The predicted octanol–water partition coefficient (Wildman–Crippen LogP) is 5.87. The van der Waals surface area contributed by atoms with E-state index in [9.17, 15) is 9.18 Å². The van der Waals surface area contributed by atoms with Gasteiger partial charge in [-0.1, -0.05) is 30.3 Å². The molecule has 3 unspecified atom stereocenters. The highest BCUT2D eigenvalue weighted by Gasteiger charge is 2.44. The molecule has 0 saturated heterocycles. The molecule has 3 aromatic carbocycles. The first-order valence-electron chi connectivity index (χ1n) is 10.1. The van der Waals surface area contributed by atoms with E-state index in [-0.39, 0.29) is 23.8 Å². The Balaban J connectivity index is 1.34. The Kier molecular flexibility index (Phi) is 4.66. The molecule has 2 aliphatic carbocycles. The van der Waals surface area contributed by atoms with Crippen molar-refractivity contribution < 1.29 is 23.8 Å². The summed E-state index contributed by atoms with van der Waals surface area (Å²) in [6.45, 7) is 0. The highest BCUT2D eigenvalue weighted by molar-refractivity contribution is 5.75. The number of carbonyl (C=O) groups is 1. The standard InChI is InChI=1S/C25H21FO4/c26-21-11-13-22(29-16-4-2-1-3-5-16)18-10-12-23(24(18)21)30-17-8-6-15(7-9-17)19-14-20(19)25(27)28/h1-9,11,13,19-20,23H,10,12,14H2,(H,27,28). The van der Waals surface area contributed by atoms with E-state index in [2.05, 4.69) is 0 Å². The van der Waals surface area contributed by atoms with Crippen molar-refractivity contribution in [1.82, 2.24) is 0 Å². The Bertz CT molecular complexity index is 1080. The predicted molar refractivity (Wildman–Crippen MR) is 110 cm³/mol. The van der Waals surface area contributed by atoms with E-state index in [1.54, 1.807) is 6.07 Å². The van der Waals surface area contributed by atoms with Crippen LogP contribution in [0, 0.1) is 11.7 Å². The number of para-hydroxylation sites is 1. The van der Waals surface area contributed by atoms with Gasteiger partial charge < -0.3 is 14.6 Å². The lowest BCUT2D eigenvalue weighted by molar-refractivity contribution is -0.138. The molecule has 5 rings (SSSR count). The monoisotopic (exact) mass is 404 g/mol. The molecule has 152 valence electrons. The Labute approximate surface area is 173 Å². The van der Waals surface area contributed by atoms with Gasteiger partial charge in [0.2, 0.25) is 0 Å². The highest BCUT2D eigenvalue weighted by atomic mass is 19.1. The maximum Gasteiger partial charge on any atom is 0.307 e. The fraction of sp³-hybridized carbons (Fsp3) is 0.240. The van der Waals surface area contributed by atoms with Crippen molar-refractivity contribution in [2.45, 2.75) is 31.3 Å². The highest BCUT2D eigenvalue weighted by Crippen LogP contribution is 2.48. The molecule has 0 heterocycles. The second kappa shape index (κ2) is 7.48. The second-order valence-corrected chi connectivity index (χ2v) is 7.85. The fourth-order valence-electron chi connectivity index (χ4n) is 4.27. The van der Waals surface area contributed by atoms with Gasteiger partial charge in [-0.3, -0.25) is 4.79 Å². The summed E-state index contributed by atoms with van der Waals surface area (Å²) in [7, 11) is 0. The third kappa shape index (κ3) is 3.52.